The number of carbonyl (C=O) groups is 2. The molecule has 0 heterocycles. The summed E-state index contributed by atoms with van der Waals surface area (Å²) in [6, 6.07) is 9.60. The topological polar surface area (TPSA) is 51.2 Å². The zero-order valence-corrected chi connectivity index (χ0v) is 23.9. The van der Waals surface area contributed by atoms with Gasteiger partial charge in [-0.2, -0.15) is 0 Å². The molecule has 0 saturated heterocycles. The second-order valence-electron chi connectivity index (χ2n) is 12.4. The van der Waals surface area contributed by atoms with Gasteiger partial charge in [0.2, 0.25) is 18.2 Å². The third-order valence-corrected chi connectivity index (χ3v) is 9.39. The molecule has 0 spiro atoms. The summed E-state index contributed by atoms with van der Waals surface area (Å²) in [6.45, 7) is 22.3. The van der Waals surface area contributed by atoms with Crippen molar-refractivity contribution in [3.8, 4) is 0 Å². The highest BCUT2D eigenvalue weighted by Gasteiger charge is 2.44. The average Bonchev–Trinajstić information content (AvgIpc) is 2.64. The van der Waals surface area contributed by atoms with Gasteiger partial charge < -0.3 is 4.57 Å². The smallest absolute Gasteiger partial charge is 0.229 e. The lowest BCUT2D eigenvalue weighted by Crippen LogP contribution is -2.22. The minimum absolute atomic E-state index is 0.00904. The van der Waals surface area contributed by atoms with Crippen LogP contribution in [0.15, 0.2) is 30.3 Å². The molecule has 0 aromatic heterocycles. The van der Waals surface area contributed by atoms with Crippen molar-refractivity contribution in [3.05, 3.63) is 69.3 Å². The zero-order valence-electron chi connectivity index (χ0n) is 23.1. The molecule has 2 atom stereocenters. The zero-order chi connectivity index (χ0) is 26.2. The molecular formula is C30H43O3P. The summed E-state index contributed by atoms with van der Waals surface area (Å²) < 4.78 is 14.7. The van der Waals surface area contributed by atoms with Gasteiger partial charge in [-0.15, -0.1) is 0 Å². The van der Waals surface area contributed by atoms with Crippen molar-refractivity contribution in [2.24, 2.45) is 11.3 Å². The van der Waals surface area contributed by atoms with E-state index in [9.17, 15) is 14.2 Å². The van der Waals surface area contributed by atoms with Crippen LogP contribution in [0.3, 0.4) is 0 Å². The van der Waals surface area contributed by atoms with Crippen molar-refractivity contribution in [2.45, 2.75) is 88.0 Å². The summed E-state index contributed by atoms with van der Waals surface area (Å²) in [6.07, 6.45) is 0.876. The Labute approximate surface area is 207 Å². The van der Waals surface area contributed by atoms with Crippen LogP contribution in [0.4, 0.5) is 0 Å². The molecule has 0 aliphatic carbocycles. The minimum Gasteiger partial charge on any atom is -0.307 e. The summed E-state index contributed by atoms with van der Waals surface area (Å²) >= 11 is 0. The van der Waals surface area contributed by atoms with E-state index in [4.69, 9.17) is 0 Å². The van der Waals surface area contributed by atoms with E-state index in [1.54, 1.807) is 0 Å². The number of hydrogen-bond donors (Lipinski definition) is 0. The highest BCUT2D eigenvalue weighted by molar-refractivity contribution is 7.95. The fourth-order valence-corrected chi connectivity index (χ4v) is 8.00. The monoisotopic (exact) mass is 482 g/mol. The third kappa shape index (κ3) is 6.16. The number of benzene rings is 2. The lowest BCUT2D eigenvalue weighted by Gasteiger charge is -2.28. The quantitative estimate of drug-likeness (QED) is 0.371. The Balaban J connectivity index is 2.71. The molecule has 0 aliphatic heterocycles. The van der Waals surface area contributed by atoms with E-state index in [1.807, 2.05) is 65.0 Å². The summed E-state index contributed by atoms with van der Waals surface area (Å²) in [5.74, 6) is -0.0301. The van der Waals surface area contributed by atoms with Gasteiger partial charge in [-0.3, -0.25) is 9.59 Å². The Morgan fingerprint density at radius 1 is 0.794 bits per heavy atom. The first-order valence-corrected chi connectivity index (χ1v) is 14.1. The SMILES string of the molecule is Cc1cccc(C)c1C(=O)P(=O)(CC(C)CC(C)(C)C)C(=O)c1c(C)cc(C(C)(C)C)cc1C. The fourth-order valence-electron chi connectivity index (χ4n) is 5.05. The summed E-state index contributed by atoms with van der Waals surface area (Å²) in [5, 5.41) is 0. The van der Waals surface area contributed by atoms with Crippen LogP contribution in [0.5, 0.6) is 0 Å². The standard InChI is InChI=1S/C30H43O3P/c1-19(17-29(6,7)8)18-34(33,27(31)25-20(2)13-12-14-21(25)3)28(32)26-22(4)15-24(16-23(26)5)30(9,10)11/h12-16,19H,17-18H2,1-11H3. The van der Waals surface area contributed by atoms with E-state index < -0.39 is 18.2 Å². The van der Waals surface area contributed by atoms with Gasteiger partial charge in [-0.25, -0.2) is 0 Å². The Morgan fingerprint density at radius 2 is 1.21 bits per heavy atom. The van der Waals surface area contributed by atoms with Crippen LogP contribution in [0.1, 0.15) is 103 Å². The molecule has 2 aromatic rings. The maximum atomic E-state index is 14.7. The van der Waals surface area contributed by atoms with Crippen LogP contribution in [0.25, 0.3) is 0 Å². The van der Waals surface area contributed by atoms with E-state index >= 15 is 0 Å². The number of hydrogen-bond acceptors (Lipinski definition) is 3. The second kappa shape index (κ2) is 9.94. The van der Waals surface area contributed by atoms with Crippen LogP contribution in [0.2, 0.25) is 0 Å². The first-order valence-electron chi connectivity index (χ1n) is 12.3. The molecular weight excluding hydrogens is 439 g/mol. The average molecular weight is 483 g/mol. The largest absolute Gasteiger partial charge is 0.307 e. The lowest BCUT2D eigenvalue weighted by atomic mass is 9.84. The van der Waals surface area contributed by atoms with Crippen LogP contribution < -0.4 is 0 Å². The van der Waals surface area contributed by atoms with Crippen LogP contribution in [-0.2, 0) is 9.98 Å². The Bertz CT molecular complexity index is 1100. The number of rotatable bonds is 7. The number of aryl methyl sites for hydroxylation is 4. The molecule has 186 valence electrons. The van der Waals surface area contributed by atoms with Crippen LogP contribution in [-0.4, -0.2) is 17.2 Å². The van der Waals surface area contributed by atoms with Crippen molar-refractivity contribution in [3.63, 3.8) is 0 Å². The predicted molar refractivity (Wildman–Crippen MR) is 145 cm³/mol. The maximum Gasteiger partial charge on any atom is 0.229 e. The van der Waals surface area contributed by atoms with Gasteiger partial charge in [0.25, 0.3) is 0 Å². The van der Waals surface area contributed by atoms with Crippen LogP contribution in [0, 0.1) is 39.0 Å². The van der Waals surface area contributed by atoms with Gasteiger partial charge in [-0.05, 0) is 78.7 Å². The molecule has 34 heavy (non-hydrogen) atoms. The Kier molecular flexibility index (Phi) is 8.26. The van der Waals surface area contributed by atoms with Gasteiger partial charge >= 0.3 is 0 Å². The predicted octanol–water partition coefficient (Wildman–Crippen LogP) is 8.63. The minimum atomic E-state index is -3.93. The lowest BCUT2D eigenvalue weighted by molar-refractivity contribution is 0.103. The van der Waals surface area contributed by atoms with E-state index in [0.717, 1.165) is 34.2 Å². The second-order valence-corrected chi connectivity index (χ2v) is 15.1. The molecule has 2 aromatic carbocycles. The van der Waals surface area contributed by atoms with E-state index in [2.05, 4.69) is 41.5 Å². The van der Waals surface area contributed by atoms with Crippen molar-refractivity contribution < 1.29 is 14.2 Å². The van der Waals surface area contributed by atoms with Gasteiger partial charge in [0.1, 0.15) is 0 Å². The Hall–Kier alpha value is -1.99. The molecule has 0 bridgehead atoms. The normalized spacial score (nSPS) is 15.0. The summed E-state index contributed by atoms with van der Waals surface area (Å²) in [7, 11) is -3.93. The molecule has 2 unspecified atom stereocenters. The van der Waals surface area contributed by atoms with Crippen molar-refractivity contribution >= 4 is 18.2 Å². The molecule has 0 aliphatic rings. The molecule has 4 heteroatoms. The molecule has 2 rings (SSSR count). The highest BCUT2D eigenvalue weighted by atomic mass is 31.2. The fraction of sp³-hybridized carbons (Fsp3) is 0.533. The highest BCUT2D eigenvalue weighted by Crippen LogP contribution is 2.55. The van der Waals surface area contributed by atoms with Gasteiger partial charge in [-0.1, -0.05) is 78.8 Å². The molecule has 0 saturated carbocycles. The van der Waals surface area contributed by atoms with E-state index in [-0.39, 0.29) is 22.9 Å². The molecule has 0 N–H and O–H groups in total. The molecule has 0 amide bonds. The third-order valence-electron chi connectivity index (χ3n) is 6.49. The summed E-state index contributed by atoms with van der Waals surface area (Å²) in [4.78, 5) is 28.1. The summed E-state index contributed by atoms with van der Waals surface area (Å²) in [5.41, 5.74) is 4.05. The first-order chi connectivity index (χ1) is 15.4. The first kappa shape index (κ1) is 28.2. The van der Waals surface area contributed by atoms with Crippen molar-refractivity contribution in [1.29, 1.82) is 0 Å². The maximum absolute atomic E-state index is 14.7. The Morgan fingerprint density at radius 3 is 1.59 bits per heavy atom. The molecule has 0 radical (unpaired) electrons. The molecule has 3 nitrogen and oxygen atoms in total. The van der Waals surface area contributed by atoms with Crippen LogP contribution >= 0.6 is 7.14 Å². The van der Waals surface area contributed by atoms with E-state index in [1.165, 1.54) is 0 Å². The van der Waals surface area contributed by atoms with E-state index in [0.29, 0.717) is 11.1 Å². The van der Waals surface area contributed by atoms with Crippen molar-refractivity contribution in [2.75, 3.05) is 6.16 Å². The van der Waals surface area contributed by atoms with Gasteiger partial charge in [0, 0.05) is 17.3 Å². The molecule has 0 fully saturated rings. The van der Waals surface area contributed by atoms with Gasteiger partial charge in [0.05, 0.1) is 0 Å². The van der Waals surface area contributed by atoms with Crippen molar-refractivity contribution in [1.82, 2.24) is 0 Å². The van der Waals surface area contributed by atoms with Gasteiger partial charge in [0.15, 0.2) is 0 Å². The number of carbonyl (C=O) groups excluding carboxylic acids is 2.